The molecule has 1 unspecified atom stereocenters. The molecule has 0 radical (unpaired) electrons. The van der Waals surface area contributed by atoms with Crippen molar-refractivity contribution >= 4 is 0 Å². The number of benzene rings is 1. The van der Waals surface area contributed by atoms with Gasteiger partial charge in [-0.15, -0.1) is 0 Å². The number of hydrogen-bond acceptors (Lipinski definition) is 3. The smallest absolute Gasteiger partial charge is 0.113 e. The zero-order chi connectivity index (χ0) is 14.4. The fourth-order valence-electron chi connectivity index (χ4n) is 1.56. The lowest BCUT2D eigenvalue weighted by molar-refractivity contribution is -0.0825. The van der Waals surface area contributed by atoms with Crippen molar-refractivity contribution in [2.24, 2.45) is 5.73 Å². The maximum absolute atomic E-state index is 5.95. The van der Waals surface area contributed by atoms with Gasteiger partial charge in [0.25, 0.3) is 0 Å². The molecule has 108 valence electrons. The van der Waals surface area contributed by atoms with Crippen molar-refractivity contribution in [1.29, 1.82) is 0 Å². The first-order valence-corrected chi connectivity index (χ1v) is 6.95. The fourth-order valence-corrected chi connectivity index (χ4v) is 1.56. The summed E-state index contributed by atoms with van der Waals surface area (Å²) < 4.78 is 11.6. The Bertz CT molecular complexity index is 360. The van der Waals surface area contributed by atoms with E-state index >= 15 is 0 Å². The Morgan fingerprint density at radius 1 is 1.05 bits per heavy atom. The van der Waals surface area contributed by atoms with Crippen molar-refractivity contribution in [2.75, 3.05) is 6.61 Å². The minimum atomic E-state index is -0.532. The first-order valence-electron chi connectivity index (χ1n) is 6.95. The van der Waals surface area contributed by atoms with E-state index < -0.39 is 5.72 Å². The molecule has 1 aromatic rings. The summed E-state index contributed by atoms with van der Waals surface area (Å²) in [7, 11) is 0. The van der Waals surface area contributed by atoms with E-state index in [-0.39, 0.29) is 5.60 Å². The molecular weight excluding hydrogens is 238 g/mol. The molecule has 0 fully saturated rings. The molecule has 0 amide bonds. The summed E-state index contributed by atoms with van der Waals surface area (Å²) in [5, 5.41) is 0. The molecular formula is C16H27NO2. The molecule has 0 saturated heterocycles. The summed E-state index contributed by atoms with van der Waals surface area (Å²) in [6, 6.07) is 10.2. The largest absolute Gasteiger partial charge is 0.371 e. The summed E-state index contributed by atoms with van der Waals surface area (Å²) in [6.07, 6.45) is 1.63. The monoisotopic (exact) mass is 265 g/mol. The van der Waals surface area contributed by atoms with Gasteiger partial charge in [-0.05, 0) is 39.2 Å². The molecule has 0 aromatic heterocycles. The number of nitrogens with two attached hydrogens (primary N) is 1. The minimum Gasteiger partial charge on any atom is -0.371 e. The van der Waals surface area contributed by atoms with Crippen molar-refractivity contribution in [1.82, 2.24) is 0 Å². The van der Waals surface area contributed by atoms with Crippen LogP contribution in [0.2, 0.25) is 0 Å². The van der Waals surface area contributed by atoms with Gasteiger partial charge in [-0.2, -0.15) is 0 Å². The van der Waals surface area contributed by atoms with Crippen LogP contribution < -0.4 is 5.73 Å². The third-order valence-corrected chi connectivity index (χ3v) is 3.31. The molecule has 0 bridgehead atoms. The Morgan fingerprint density at radius 2 is 1.68 bits per heavy atom. The van der Waals surface area contributed by atoms with Crippen LogP contribution in [0, 0.1) is 0 Å². The van der Waals surface area contributed by atoms with Gasteiger partial charge in [0.2, 0.25) is 0 Å². The first-order chi connectivity index (χ1) is 8.85. The van der Waals surface area contributed by atoms with Gasteiger partial charge in [-0.25, -0.2) is 0 Å². The molecule has 1 atom stereocenters. The summed E-state index contributed by atoms with van der Waals surface area (Å²) in [4.78, 5) is 0. The second-order valence-corrected chi connectivity index (χ2v) is 5.80. The first kappa shape index (κ1) is 16.2. The summed E-state index contributed by atoms with van der Waals surface area (Å²) in [6.45, 7) is 9.34. The zero-order valence-electron chi connectivity index (χ0n) is 12.6. The standard InChI is InChI=1S/C16H27NO2/c1-5-16(4,17)18-12-11-15(2,3)19-13-14-9-7-6-8-10-14/h6-10H,5,11-13,17H2,1-4H3. The van der Waals surface area contributed by atoms with E-state index in [0.29, 0.717) is 13.2 Å². The quantitative estimate of drug-likeness (QED) is 0.732. The van der Waals surface area contributed by atoms with Crippen LogP contribution in [0.1, 0.15) is 46.1 Å². The highest BCUT2D eigenvalue weighted by atomic mass is 16.5. The van der Waals surface area contributed by atoms with Crippen LogP contribution >= 0.6 is 0 Å². The Balaban J connectivity index is 2.32. The van der Waals surface area contributed by atoms with Crippen molar-refractivity contribution in [2.45, 2.75) is 58.5 Å². The van der Waals surface area contributed by atoms with Crippen molar-refractivity contribution in [3.8, 4) is 0 Å². The maximum atomic E-state index is 5.95. The second kappa shape index (κ2) is 7.04. The molecule has 3 heteroatoms. The molecule has 1 rings (SSSR count). The van der Waals surface area contributed by atoms with E-state index in [2.05, 4.69) is 26.0 Å². The van der Waals surface area contributed by atoms with E-state index in [1.807, 2.05) is 32.0 Å². The Labute approximate surface area is 117 Å². The van der Waals surface area contributed by atoms with Gasteiger partial charge in [-0.1, -0.05) is 37.3 Å². The van der Waals surface area contributed by atoms with Crippen LogP contribution in [0.4, 0.5) is 0 Å². The second-order valence-electron chi connectivity index (χ2n) is 5.80. The lowest BCUT2D eigenvalue weighted by atomic mass is 10.1. The number of hydrogen-bond donors (Lipinski definition) is 1. The van der Waals surface area contributed by atoms with E-state index in [4.69, 9.17) is 15.2 Å². The summed E-state index contributed by atoms with van der Waals surface area (Å²) in [5.41, 5.74) is 6.40. The normalized spacial score (nSPS) is 15.2. The molecule has 2 N–H and O–H groups in total. The third-order valence-electron chi connectivity index (χ3n) is 3.31. The lowest BCUT2D eigenvalue weighted by Gasteiger charge is -2.29. The molecule has 0 aliphatic carbocycles. The van der Waals surface area contributed by atoms with E-state index in [1.165, 1.54) is 5.56 Å². The van der Waals surface area contributed by atoms with Crippen LogP contribution in [0.3, 0.4) is 0 Å². The van der Waals surface area contributed by atoms with Gasteiger partial charge in [0.05, 0.1) is 18.8 Å². The molecule has 3 nitrogen and oxygen atoms in total. The topological polar surface area (TPSA) is 44.5 Å². The molecule has 0 aliphatic heterocycles. The SMILES string of the molecule is CCC(C)(N)OCCC(C)(C)OCc1ccccc1. The van der Waals surface area contributed by atoms with Crippen LogP contribution in [-0.4, -0.2) is 17.9 Å². The van der Waals surface area contributed by atoms with Gasteiger partial charge in [-0.3, -0.25) is 0 Å². The average Bonchev–Trinajstić information content (AvgIpc) is 2.37. The molecule has 19 heavy (non-hydrogen) atoms. The minimum absolute atomic E-state index is 0.209. The van der Waals surface area contributed by atoms with Crippen LogP contribution in [0.5, 0.6) is 0 Å². The molecule has 0 heterocycles. The van der Waals surface area contributed by atoms with Crippen molar-refractivity contribution < 1.29 is 9.47 Å². The fraction of sp³-hybridized carbons (Fsp3) is 0.625. The zero-order valence-corrected chi connectivity index (χ0v) is 12.6. The highest BCUT2D eigenvalue weighted by Gasteiger charge is 2.21. The van der Waals surface area contributed by atoms with Crippen LogP contribution in [0.25, 0.3) is 0 Å². The predicted octanol–water partition coefficient (Wildman–Crippen LogP) is 3.47. The van der Waals surface area contributed by atoms with Gasteiger partial charge in [0.15, 0.2) is 0 Å². The van der Waals surface area contributed by atoms with Gasteiger partial charge in [0, 0.05) is 0 Å². The molecule has 0 spiro atoms. The number of rotatable bonds is 8. The van der Waals surface area contributed by atoms with Crippen LogP contribution in [0.15, 0.2) is 30.3 Å². The molecule has 0 aliphatic rings. The number of ether oxygens (including phenoxy) is 2. The van der Waals surface area contributed by atoms with E-state index in [1.54, 1.807) is 0 Å². The highest BCUT2D eigenvalue weighted by Crippen LogP contribution is 2.18. The van der Waals surface area contributed by atoms with Crippen molar-refractivity contribution in [3.05, 3.63) is 35.9 Å². The van der Waals surface area contributed by atoms with Crippen molar-refractivity contribution in [3.63, 3.8) is 0 Å². The maximum Gasteiger partial charge on any atom is 0.113 e. The highest BCUT2D eigenvalue weighted by molar-refractivity contribution is 5.13. The predicted molar refractivity (Wildman–Crippen MR) is 78.8 cm³/mol. The van der Waals surface area contributed by atoms with E-state index in [9.17, 15) is 0 Å². The lowest BCUT2D eigenvalue weighted by Crippen LogP contribution is -2.40. The Hall–Kier alpha value is -0.900. The van der Waals surface area contributed by atoms with Gasteiger partial charge < -0.3 is 15.2 Å². The van der Waals surface area contributed by atoms with Crippen LogP contribution in [-0.2, 0) is 16.1 Å². The van der Waals surface area contributed by atoms with E-state index in [0.717, 1.165) is 12.8 Å². The Morgan fingerprint density at radius 3 is 2.26 bits per heavy atom. The summed E-state index contributed by atoms with van der Waals surface area (Å²) in [5.74, 6) is 0. The third kappa shape index (κ3) is 6.71. The average molecular weight is 265 g/mol. The van der Waals surface area contributed by atoms with Gasteiger partial charge in [0.1, 0.15) is 5.72 Å². The summed E-state index contributed by atoms with van der Waals surface area (Å²) >= 11 is 0. The Kier molecular flexibility index (Phi) is 5.98. The molecule has 0 saturated carbocycles. The van der Waals surface area contributed by atoms with Gasteiger partial charge >= 0.3 is 0 Å². The molecule has 1 aromatic carbocycles.